The van der Waals surface area contributed by atoms with Crippen molar-refractivity contribution < 1.29 is 9.50 Å². The van der Waals surface area contributed by atoms with E-state index >= 15 is 4.39 Å². The quantitative estimate of drug-likeness (QED) is 0.478. The number of rotatable bonds is 6. The number of halogens is 1. The maximum Gasteiger partial charge on any atom is 0.126 e. The summed E-state index contributed by atoms with van der Waals surface area (Å²) in [6, 6.07) is 0. The van der Waals surface area contributed by atoms with Crippen molar-refractivity contribution in [1.82, 2.24) is 0 Å². The highest BCUT2D eigenvalue weighted by molar-refractivity contribution is 5.39. The molecular weight excluding hydrogens is 359 g/mol. The Balaban J connectivity index is 1.72. The fourth-order valence-electron chi connectivity index (χ4n) is 6.64. The van der Waals surface area contributed by atoms with Gasteiger partial charge < -0.3 is 5.11 Å². The summed E-state index contributed by atoms with van der Waals surface area (Å²) in [5, 5.41) is 9.95. The number of allylic oxidation sites excluding steroid dienone is 4. The Morgan fingerprint density at radius 3 is 2.66 bits per heavy atom. The lowest BCUT2D eigenvalue weighted by Gasteiger charge is -2.44. The zero-order chi connectivity index (χ0) is 21.2. The van der Waals surface area contributed by atoms with Gasteiger partial charge in [-0.15, -0.1) is 0 Å². The molecule has 2 heteroatoms. The number of fused-ring (bicyclic) bond motifs is 1. The van der Waals surface area contributed by atoms with Crippen LogP contribution in [0.5, 0.6) is 0 Å². The average molecular weight is 403 g/mol. The van der Waals surface area contributed by atoms with Crippen LogP contribution in [0.15, 0.2) is 35.2 Å². The van der Waals surface area contributed by atoms with E-state index < -0.39 is 6.10 Å². The Morgan fingerprint density at radius 1 is 1.17 bits per heavy atom. The van der Waals surface area contributed by atoms with Crippen LogP contribution in [0.1, 0.15) is 98.3 Å². The third kappa shape index (κ3) is 5.24. The van der Waals surface area contributed by atoms with Gasteiger partial charge in [0.25, 0.3) is 0 Å². The van der Waals surface area contributed by atoms with E-state index in [9.17, 15) is 5.11 Å². The van der Waals surface area contributed by atoms with Crippen molar-refractivity contribution in [2.75, 3.05) is 0 Å². The minimum atomic E-state index is -0.418. The predicted molar refractivity (Wildman–Crippen MR) is 121 cm³/mol. The van der Waals surface area contributed by atoms with E-state index in [-0.39, 0.29) is 5.83 Å². The molecule has 0 spiro atoms. The van der Waals surface area contributed by atoms with E-state index in [1.165, 1.54) is 44.1 Å². The second-order valence-corrected chi connectivity index (χ2v) is 11.0. The predicted octanol–water partition coefficient (Wildman–Crippen LogP) is 7.92. The van der Waals surface area contributed by atoms with Crippen LogP contribution in [0.25, 0.3) is 0 Å². The highest BCUT2D eigenvalue weighted by Crippen LogP contribution is 2.59. The summed E-state index contributed by atoms with van der Waals surface area (Å²) >= 11 is 0. The molecule has 0 aromatic heterocycles. The van der Waals surface area contributed by atoms with Crippen molar-refractivity contribution in [2.24, 2.45) is 29.1 Å². The smallest absolute Gasteiger partial charge is 0.126 e. The third-order valence-corrected chi connectivity index (χ3v) is 8.42. The van der Waals surface area contributed by atoms with Gasteiger partial charge in [0.15, 0.2) is 0 Å². The second-order valence-electron chi connectivity index (χ2n) is 11.0. The molecule has 29 heavy (non-hydrogen) atoms. The molecule has 3 saturated carbocycles. The third-order valence-electron chi connectivity index (χ3n) is 8.42. The Kier molecular flexibility index (Phi) is 7.46. The van der Waals surface area contributed by atoms with Gasteiger partial charge in [-0.3, -0.25) is 0 Å². The molecule has 0 aromatic carbocycles. The van der Waals surface area contributed by atoms with Crippen LogP contribution in [0.3, 0.4) is 0 Å². The molecule has 5 atom stereocenters. The number of aliphatic hydroxyl groups excluding tert-OH is 1. The van der Waals surface area contributed by atoms with Crippen LogP contribution in [-0.4, -0.2) is 11.2 Å². The molecule has 0 unspecified atom stereocenters. The summed E-state index contributed by atoms with van der Waals surface area (Å²) < 4.78 is 15.1. The summed E-state index contributed by atoms with van der Waals surface area (Å²) in [5.74, 6) is 3.00. The summed E-state index contributed by atoms with van der Waals surface area (Å²) in [4.78, 5) is 0. The highest BCUT2D eigenvalue weighted by Gasteiger charge is 2.49. The molecule has 1 nitrogen and oxygen atoms in total. The maximum absolute atomic E-state index is 15.1. The van der Waals surface area contributed by atoms with Crippen molar-refractivity contribution in [1.29, 1.82) is 0 Å². The van der Waals surface area contributed by atoms with Crippen molar-refractivity contribution in [3.8, 4) is 0 Å². The van der Waals surface area contributed by atoms with Gasteiger partial charge in [0.2, 0.25) is 0 Å². The van der Waals surface area contributed by atoms with Crippen LogP contribution in [0.4, 0.5) is 4.39 Å². The standard InChI is InChI=1S/C27H43FO/c1-18(2)7-6-8-20(4)25-14-12-22-11-10-21(17-27(22,25)5)15-26(28)24-16-23(29)13-9-19(24)3/h15,18,20,22-23,25,29H,3,6-14,16-17H2,1-2,4-5H3/b21-15+,26-24+/t20-,22-,23+,25-,27+/m1/s1. The molecular formula is C27H43FO. The number of hydrogen-bond donors (Lipinski definition) is 1. The fraction of sp³-hybridized carbons (Fsp3) is 0.778. The van der Waals surface area contributed by atoms with E-state index in [2.05, 4.69) is 34.3 Å². The lowest BCUT2D eigenvalue weighted by atomic mass is 9.61. The van der Waals surface area contributed by atoms with Gasteiger partial charge in [0.1, 0.15) is 5.83 Å². The monoisotopic (exact) mass is 402 g/mol. The second kappa shape index (κ2) is 9.50. The summed E-state index contributed by atoms with van der Waals surface area (Å²) in [6.07, 6.45) is 13.2. The molecule has 0 aromatic rings. The first kappa shape index (κ1) is 22.8. The van der Waals surface area contributed by atoms with E-state index in [1.807, 2.05) is 6.08 Å². The zero-order valence-corrected chi connectivity index (χ0v) is 19.3. The molecule has 3 rings (SSSR count). The van der Waals surface area contributed by atoms with Crippen molar-refractivity contribution in [3.05, 3.63) is 35.2 Å². The lowest BCUT2D eigenvalue weighted by Crippen LogP contribution is -2.35. The molecule has 0 aliphatic heterocycles. The first-order valence-corrected chi connectivity index (χ1v) is 12.1. The first-order chi connectivity index (χ1) is 13.7. The van der Waals surface area contributed by atoms with Crippen molar-refractivity contribution >= 4 is 0 Å². The molecule has 3 fully saturated rings. The topological polar surface area (TPSA) is 20.2 Å². The highest BCUT2D eigenvalue weighted by atomic mass is 19.1. The van der Waals surface area contributed by atoms with Gasteiger partial charge in [0.05, 0.1) is 6.10 Å². The Bertz CT molecular complexity index is 657. The lowest BCUT2D eigenvalue weighted by molar-refractivity contribution is 0.0875. The maximum atomic E-state index is 15.1. The van der Waals surface area contributed by atoms with Gasteiger partial charge in [-0.1, -0.05) is 59.1 Å². The normalized spacial score (nSPS) is 37.1. The SMILES string of the molecule is C=C1CC[C@H](O)C/C1=C(F)/C=C1\CC[C@@H]2CC[C@H]([C@H](C)CCCC(C)C)[C@@]2(C)C1. The zero-order valence-electron chi connectivity index (χ0n) is 19.3. The van der Waals surface area contributed by atoms with Gasteiger partial charge >= 0.3 is 0 Å². The van der Waals surface area contributed by atoms with E-state index in [1.54, 1.807) is 0 Å². The molecule has 0 amide bonds. The first-order valence-electron chi connectivity index (χ1n) is 12.1. The molecule has 1 N–H and O–H groups in total. The van der Waals surface area contributed by atoms with Crippen LogP contribution in [0, 0.1) is 29.1 Å². The Hall–Kier alpha value is -0.890. The fourth-order valence-corrected chi connectivity index (χ4v) is 6.64. The minimum Gasteiger partial charge on any atom is -0.393 e. The largest absolute Gasteiger partial charge is 0.393 e. The van der Waals surface area contributed by atoms with Crippen LogP contribution in [-0.2, 0) is 0 Å². The Labute approximate surface area is 178 Å². The Morgan fingerprint density at radius 2 is 1.93 bits per heavy atom. The molecule has 0 heterocycles. The summed E-state index contributed by atoms with van der Waals surface area (Å²) in [6.45, 7) is 13.6. The van der Waals surface area contributed by atoms with E-state index in [0.717, 1.165) is 42.1 Å². The molecule has 3 aliphatic rings. The molecule has 164 valence electrons. The summed E-state index contributed by atoms with van der Waals surface area (Å²) in [7, 11) is 0. The van der Waals surface area contributed by atoms with Gasteiger partial charge in [-0.05, 0) is 91.3 Å². The van der Waals surface area contributed by atoms with Gasteiger partial charge in [-0.2, -0.15) is 0 Å². The van der Waals surface area contributed by atoms with Crippen molar-refractivity contribution in [2.45, 2.75) is 104 Å². The molecule has 0 radical (unpaired) electrons. The van der Waals surface area contributed by atoms with Crippen molar-refractivity contribution in [3.63, 3.8) is 0 Å². The average Bonchev–Trinajstić information content (AvgIpc) is 2.99. The number of hydrogen-bond acceptors (Lipinski definition) is 1. The van der Waals surface area contributed by atoms with Crippen LogP contribution in [0.2, 0.25) is 0 Å². The van der Waals surface area contributed by atoms with Crippen LogP contribution >= 0.6 is 0 Å². The summed E-state index contributed by atoms with van der Waals surface area (Å²) in [5.41, 5.74) is 3.15. The number of aliphatic hydroxyl groups is 1. The van der Waals surface area contributed by atoms with Crippen LogP contribution < -0.4 is 0 Å². The molecule has 3 aliphatic carbocycles. The minimum absolute atomic E-state index is 0.134. The van der Waals surface area contributed by atoms with E-state index in [4.69, 9.17) is 0 Å². The van der Waals surface area contributed by atoms with Gasteiger partial charge in [-0.25, -0.2) is 4.39 Å². The molecule has 0 saturated heterocycles. The van der Waals surface area contributed by atoms with Gasteiger partial charge in [0, 0.05) is 6.42 Å². The van der Waals surface area contributed by atoms with E-state index in [0.29, 0.717) is 30.3 Å². The molecule has 0 bridgehead atoms.